The lowest BCUT2D eigenvalue weighted by Gasteiger charge is -2.09. The molecule has 0 saturated carbocycles. The number of hydrogen-bond donors (Lipinski definition) is 1. The molecule has 0 radical (unpaired) electrons. The number of sulfonamides is 1. The van der Waals surface area contributed by atoms with Crippen molar-refractivity contribution < 1.29 is 21.9 Å². The molecule has 92 valence electrons. The number of ether oxygens (including phenoxy) is 1. The van der Waals surface area contributed by atoms with Gasteiger partial charge < -0.3 is 4.74 Å². The third kappa shape index (κ3) is 2.66. The highest BCUT2D eigenvalue weighted by Crippen LogP contribution is 2.29. The number of pyridine rings is 1. The highest BCUT2D eigenvalue weighted by molar-refractivity contribution is 7.89. The third-order valence-electron chi connectivity index (χ3n) is 1.83. The van der Waals surface area contributed by atoms with E-state index in [4.69, 9.17) is 10.4 Å². The van der Waals surface area contributed by atoms with Crippen LogP contribution in [0.3, 0.4) is 0 Å². The molecule has 0 spiro atoms. The van der Waals surface area contributed by atoms with Crippen LogP contribution in [-0.2, 0) is 10.0 Å². The number of aromatic nitrogens is 1. The van der Waals surface area contributed by atoms with E-state index in [2.05, 4.69) is 9.72 Å². The molecule has 0 bridgehead atoms. The van der Waals surface area contributed by atoms with Crippen LogP contribution in [0.5, 0.6) is 5.88 Å². The Hall–Kier alpha value is -1.79. The van der Waals surface area contributed by atoms with E-state index < -0.39 is 38.5 Å². The first-order valence-corrected chi connectivity index (χ1v) is 5.66. The number of nitrogens with zero attached hydrogens (tertiary/aromatic N) is 2. The summed E-state index contributed by atoms with van der Waals surface area (Å²) in [6.07, 6.45) is -3.04. The highest BCUT2D eigenvalue weighted by Gasteiger charge is 2.23. The van der Waals surface area contributed by atoms with Gasteiger partial charge in [0, 0.05) is 5.56 Å². The number of hydrogen-bond acceptors (Lipinski definition) is 5. The van der Waals surface area contributed by atoms with Crippen LogP contribution in [0.2, 0.25) is 0 Å². The molecule has 0 aliphatic rings. The highest BCUT2D eigenvalue weighted by atomic mass is 32.2. The number of methoxy groups -OCH3 is 1. The Morgan fingerprint density at radius 1 is 1.59 bits per heavy atom. The molecule has 0 unspecified atom stereocenters. The minimum atomic E-state index is -4.25. The average Bonchev–Trinajstić information content (AvgIpc) is 2.25. The summed E-state index contributed by atoms with van der Waals surface area (Å²) in [4.78, 5) is 3.39. The van der Waals surface area contributed by atoms with Crippen LogP contribution in [0.4, 0.5) is 8.78 Å². The summed E-state index contributed by atoms with van der Waals surface area (Å²) in [5.74, 6) is -0.505. The van der Waals surface area contributed by atoms with Gasteiger partial charge in [-0.3, -0.25) is 0 Å². The van der Waals surface area contributed by atoms with Crippen molar-refractivity contribution in [1.29, 1.82) is 5.26 Å². The lowest BCUT2D eigenvalue weighted by Crippen LogP contribution is -2.15. The molecule has 9 heteroatoms. The van der Waals surface area contributed by atoms with Crippen molar-refractivity contribution in [3.8, 4) is 11.9 Å². The van der Waals surface area contributed by atoms with Gasteiger partial charge in [0.25, 0.3) is 16.4 Å². The molecule has 17 heavy (non-hydrogen) atoms. The van der Waals surface area contributed by atoms with Crippen molar-refractivity contribution in [2.24, 2.45) is 5.14 Å². The quantitative estimate of drug-likeness (QED) is 0.856. The largest absolute Gasteiger partial charge is 0.480 e. The standard InChI is InChI=1S/C8H7F2N3O3S/c1-16-8-5(3-11)4(7(9)10)2-6(13-8)17(12,14)15/h2,7H,1H3,(H2,12,14,15). The summed E-state index contributed by atoms with van der Waals surface area (Å²) in [7, 11) is -3.18. The molecule has 1 heterocycles. The van der Waals surface area contributed by atoms with Crippen LogP contribution in [0.15, 0.2) is 11.1 Å². The van der Waals surface area contributed by atoms with E-state index in [-0.39, 0.29) is 0 Å². The van der Waals surface area contributed by atoms with E-state index in [0.717, 1.165) is 7.11 Å². The Morgan fingerprint density at radius 2 is 2.18 bits per heavy atom. The van der Waals surface area contributed by atoms with Gasteiger partial charge in [-0.05, 0) is 6.07 Å². The van der Waals surface area contributed by atoms with Gasteiger partial charge in [-0.25, -0.2) is 22.3 Å². The van der Waals surface area contributed by atoms with Gasteiger partial charge in [0.05, 0.1) is 7.11 Å². The Kier molecular flexibility index (Phi) is 3.59. The molecule has 0 amide bonds. The van der Waals surface area contributed by atoms with Gasteiger partial charge in [-0.2, -0.15) is 10.2 Å². The van der Waals surface area contributed by atoms with E-state index in [1.54, 1.807) is 0 Å². The van der Waals surface area contributed by atoms with Gasteiger partial charge in [-0.15, -0.1) is 0 Å². The summed E-state index contributed by atoms with van der Waals surface area (Å²) in [5.41, 5.74) is -1.31. The smallest absolute Gasteiger partial charge is 0.265 e. The fourth-order valence-electron chi connectivity index (χ4n) is 1.09. The second-order valence-corrected chi connectivity index (χ2v) is 4.40. The summed E-state index contributed by atoms with van der Waals surface area (Å²) in [5, 5.41) is 12.7. The average molecular weight is 263 g/mol. The van der Waals surface area contributed by atoms with Crippen molar-refractivity contribution in [3.63, 3.8) is 0 Å². The van der Waals surface area contributed by atoms with Crippen LogP contribution in [0, 0.1) is 11.3 Å². The van der Waals surface area contributed by atoms with Crippen LogP contribution in [0.1, 0.15) is 17.6 Å². The van der Waals surface area contributed by atoms with Gasteiger partial charge in [0.15, 0.2) is 5.03 Å². The molecule has 2 N–H and O–H groups in total. The Bertz CT molecular complexity index is 580. The van der Waals surface area contributed by atoms with E-state index >= 15 is 0 Å². The monoisotopic (exact) mass is 263 g/mol. The Labute approximate surface area is 95.7 Å². The summed E-state index contributed by atoms with van der Waals surface area (Å²) in [6, 6.07) is 2.03. The zero-order valence-corrected chi connectivity index (χ0v) is 9.33. The van der Waals surface area contributed by atoms with E-state index in [1.807, 2.05) is 0 Å². The normalized spacial score (nSPS) is 11.3. The minimum absolute atomic E-state index is 0.505. The zero-order chi connectivity index (χ0) is 13.2. The van der Waals surface area contributed by atoms with Crippen LogP contribution in [0.25, 0.3) is 0 Å². The lowest BCUT2D eigenvalue weighted by molar-refractivity contribution is 0.150. The number of rotatable bonds is 3. The molecule has 0 atom stereocenters. The maximum Gasteiger partial charge on any atom is 0.265 e. The van der Waals surface area contributed by atoms with Crippen LogP contribution >= 0.6 is 0 Å². The number of nitrogens with two attached hydrogens (primary N) is 1. The topological polar surface area (TPSA) is 106 Å². The minimum Gasteiger partial charge on any atom is -0.480 e. The number of halogens is 2. The van der Waals surface area contributed by atoms with Gasteiger partial charge in [-0.1, -0.05) is 0 Å². The Morgan fingerprint density at radius 3 is 2.53 bits per heavy atom. The van der Waals surface area contributed by atoms with E-state index in [1.165, 1.54) is 6.07 Å². The van der Waals surface area contributed by atoms with Crippen molar-refractivity contribution >= 4 is 10.0 Å². The summed E-state index contributed by atoms with van der Waals surface area (Å²) in [6.45, 7) is 0. The first-order valence-electron chi connectivity index (χ1n) is 4.11. The fourth-order valence-corrected chi connectivity index (χ4v) is 1.60. The van der Waals surface area contributed by atoms with Crippen molar-refractivity contribution in [2.45, 2.75) is 11.5 Å². The molecular weight excluding hydrogens is 256 g/mol. The molecular formula is C8H7F2N3O3S. The molecule has 1 aromatic rings. The number of primary sulfonamides is 1. The lowest BCUT2D eigenvalue weighted by atomic mass is 10.1. The van der Waals surface area contributed by atoms with E-state index in [9.17, 15) is 17.2 Å². The van der Waals surface area contributed by atoms with Crippen LogP contribution < -0.4 is 9.88 Å². The molecule has 0 aromatic carbocycles. The van der Waals surface area contributed by atoms with Crippen molar-refractivity contribution in [2.75, 3.05) is 7.11 Å². The zero-order valence-electron chi connectivity index (χ0n) is 8.52. The second-order valence-electron chi connectivity index (χ2n) is 2.89. The van der Waals surface area contributed by atoms with Crippen molar-refractivity contribution in [3.05, 3.63) is 17.2 Å². The molecule has 0 saturated heterocycles. The van der Waals surface area contributed by atoms with Crippen LogP contribution in [-0.4, -0.2) is 20.5 Å². The summed E-state index contributed by atoms with van der Waals surface area (Å²) >= 11 is 0. The molecule has 6 nitrogen and oxygen atoms in total. The third-order valence-corrected chi connectivity index (χ3v) is 2.62. The maximum absolute atomic E-state index is 12.6. The molecule has 0 aliphatic carbocycles. The van der Waals surface area contributed by atoms with Crippen molar-refractivity contribution in [1.82, 2.24) is 4.98 Å². The molecule has 0 aliphatic heterocycles. The van der Waals surface area contributed by atoms with E-state index in [0.29, 0.717) is 6.07 Å². The molecule has 0 fully saturated rings. The second kappa shape index (κ2) is 4.60. The fraction of sp³-hybridized carbons (Fsp3) is 0.250. The maximum atomic E-state index is 12.6. The first-order chi connectivity index (χ1) is 7.81. The number of alkyl halides is 2. The van der Waals surface area contributed by atoms with Gasteiger partial charge >= 0.3 is 0 Å². The summed E-state index contributed by atoms with van der Waals surface area (Å²) < 4.78 is 51.8. The predicted octanol–water partition coefficient (Wildman–Crippen LogP) is 0.547. The Balaban J connectivity index is 3.65. The number of nitriles is 1. The van der Waals surface area contributed by atoms with Gasteiger partial charge in [0.1, 0.15) is 11.6 Å². The molecule has 1 rings (SSSR count). The van der Waals surface area contributed by atoms with Gasteiger partial charge in [0.2, 0.25) is 5.88 Å². The molecule has 1 aromatic heterocycles. The SMILES string of the molecule is COc1nc(S(N)(=O)=O)cc(C(F)F)c1C#N. The predicted molar refractivity (Wildman–Crippen MR) is 51.8 cm³/mol. The first kappa shape index (κ1) is 13.3.